The van der Waals surface area contributed by atoms with Crippen molar-refractivity contribution in [3.8, 4) is 5.75 Å². The third kappa shape index (κ3) is 3.23. The zero-order valence-electron chi connectivity index (χ0n) is 10.1. The maximum Gasteiger partial charge on any atom is 0.127 e. The molecule has 1 aromatic heterocycles. The number of aryl methyl sites for hydroxylation is 1. The molecular weight excluding hydrogens is 255 g/mol. The minimum absolute atomic E-state index is 0.274. The number of aromatic nitrogens is 2. The average Bonchev–Trinajstić information content (AvgIpc) is 2.74. The van der Waals surface area contributed by atoms with Crippen molar-refractivity contribution in [2.24, 2.45) is 7.05 Å². The van der Waals surface area contributed by atoms with Gasteiger partial charge in [0, 0.05) is 37.3 Å². The predicted octanol–water partition coefficient (Wildman–Crippen LogP) is 2.92. The summed E-state index contributed by atoms with van der Waals surface area (Å²) in [6.07, 6.45) is 2.46. The summed E-state index contributed by atoms with van der Waals surface area (Å²) in [5.74, 6) is 0.451. The summed E-state index contributed by atoms with van der Waals surface area (Å²) in [6.45, 7) is 0.477. The minimum Gasteiger partial charge on any atom is -0.493 e. The van der Waals surface area contributed by atoms with Gasteiger partial charge in [-0.1, -0.05) is 0 Å². The second kappa shape index (κ2) is 5.87. The highest BCUT2D eigenvalue weighted by molar-refractivity contribution is 6.17. The predicted molar refractivity (Wildman–Crippen MR) is 68.4 cm³/mol. The number of alkyl halides is 1. The van der Waals surface area contributed by atoms with Gasteiger partial charge in [0.15, 0.2) is 0 Å². The molecule has 0 amide bonds. The summed E-state index contributed by atoms with van der Waals surface area (Å²) in [4.78, 5) is 0. The van der Waals surface area contributed by atoms with Crippen LogP contribution in [-0.2, 0) is 19.3 Å². The summed E-state index contributed by atoms with van der Waals surface area (Å²) in [5, 5.41) is 4.07. The molecule has 1 aromatic carbocycles. The monoisotopic (exact) mass is 268 g/mol. The van der Waals surface area contributed by atoms with Gasteiger partial charge in [0.2, 0.25) is 0 Å². The largest absolute Gasteiger partial charge is 0.493 e. The molecule has 1 heterocycles. The van der Waals surface area contributed by atoms with Crippen molar-refractivity contribution in [3.05, 3.63) is 47.5 Å². The Hall–Kier alpha value is -1.55. The van der Waals surface area contributed by atoms with Crippen LogP contribution in [0.4, 0.5) is 4.39 Å². The van der Waals surface area contributed by atoms with Crippen molar-refractivity contribution >= 4 is 11.6 Å². The summed E-state index contributed by atoms with van der Waals surface area (Å²) in [5.41, 5.74) is 1.79. The average molecular weight is 269 g/mol. The molecule has 2 rings (SSSR count). The highest BCUT2D eigenvalue weighted by atomic mass is 35.5. The van der Waals surface area contributed by atoms with E-state index in [1.54, 1.807) is 16.9 Å². The summed E-state index contributed by atoms with van der Waals surface area (Å²) in [7, 11) is 1.88. The molecule has 96 valence electrons. The third-order valence-corrected chi connectivity index (χ3v) is 2.94. The second-order valence-electron chi connectivity index (χ2n) is 3.97. The standard InChI is InChI=1S/C13H14ClFN2O/c1-17-12(2-4-16-17)3-5-18-13-7-10(9-14)6-11(15)8-13/h2,4,6-8H,3,5,9H2,1H3. The van der Waals surface area contributed by atoms with Crippen LogP contribution in [0.3, 0.4) is 0 Å². The quantitative estimate of drug-likeness (QED) is 0.780. The topological polar surface area (TPSA) is 27.1 Å². The molecule has 0 saturated heterocycles. The lowest BCUT2D eigenvalue weighted by atomic mass is 10.2. The van der Waals surface area contributed by atoms with Gasteiger partial charge in [0.25, 0.3) is 0 Å². The minimum atomic E-state index is -0.330. The van der Waals surface area contributed by atoms with Gasteiger partial charge < -0.3 is 4.74 Å². The molecule has 18 heavy (non-hydrogen) atoms. The first-order valence-corrected chi connectivity index (χ1v) is 6.17. The summed E-state index contributed by atoms with van der Waals surface area (Å²) < 4.78 is 20.5. The smallest absolute Gasteiger partial charge is 0.127 e. The maximum absolute atomic E-state index is 13.2. The van der Waals surface area contributed by atoms with Crippen LogP contribution in [0.2, 0.25) is 0 Å². The molecule has 0 radical (unpaired) electrons. The molecule has 0 aliphatic carbocycles. The van der Waals surface area contributed by atoms with E-state index in [0.717, 1.165) is 12.1 Å². The molecule has 0 fully saturated rings. The van der Waals surface area contributed by atoms with Gasteiger partial charge in [0.1, 0.15) is 11.6 Å². The van der Waals surface area contributed by atoms with Crippen LogP contribution in [0.1, 0.15) is 11.3 Å². The van der Waals surface area contributed by atoms with Crippen molar-refractivity contribution in [2.75, 3.05) is 6.61 Å². The molecule has 0 spiro atoms. The van der Waals surface area contributed by atoms with E-state index < -0.39 is 0 Å². The Morgan fingerprint density at radius 2 is 2.22 bits per heavy atom. The first-order valence-electron chi connectivity index (χ1n) is 5.64. The molecule has 0 atom stereocenters. The Morgan fingerprint density at radius 1 is 1.39 bits per heavy atom. The fourth-order valence-electron chi connectivity index (χ4n) is 1.70. The Morgan fingerprint density at radius 3 is 2.89 bits per heavy atom. The lowest BCUT2D eigenvalue weighted by molar-refractivity contribution is 0.316. The zero-order chi connectivity index (χ0) is 13.0. The van der Waals surface area contributed by atoms with Crippen LogP contribution in [0.15, 0.2) is 30.5 Å². The highest BCUT2D eigenvalue weighted by Crippen LogP contribution is 2.18. The van der Waals surface area contributed by atoms with Crippen LogP contribution in [0.25, 0.3) is 0 Å². The number of ether oxygens (including phenoxy) is 1. The number of nitrogens with zero attached hydrogens (tertiary/aromatic N) is 2. The highest BCUT2D eigenvalue weighted by Gasteiger charge is 2.03. The number of benzene rings is 1. The molecule has 2 aromatic rings. The number of hydrogen-bond acceptors (Lipinski definition) is 2. The van der Waals surface area contributed by atoms with Crippen molar-refractivity contribution in [2.45, 2.75) is 12.3 Å². The van der Waals surface area contributed by atoms with Gasteiger partial charge in [0.05, 0.1) is 6.61 Å². The molecule has 0 bridgehead atoms. The molecule has 0 unspecified atom stereocenters. The number of rotatable bonds is 5. The summed E-state index contributed by atoms with van der Waals surface area (Å²) >= 11 is 5.67. The van der Waals surface area contributed by atoms with Gasteiger partial charge in [-0.25, -0.2) is 4.39 Å². The van der Waals surface area contributed by atoms with E-state index in [2.05, 4.69) is 5.10 Å². The van der Waals surface area contributed by atoms with E-state index in [-0.39, 0.29) is 11.7 Å². The first-order chi connectivity index (χ1) is 8.69. The molecule has 5 heteroatoms. The maximum atomic E-state index is 13.2. The fraction of sp³-hybridized carbons (Fsp3) is 0.308. The molecule has 0 aliphatic rings. The van der Waals surface area contributed by atoms with Crippen molar-refractivity contribution < 1.29 is 9.13 Å². The lowest BCUT2D eigenvalue weighted by Crippen LogP contribution is -2.06. The second-order valence-corrected chi connectivity index (χ2v) is 4.24. The van der Waals surface area contributed by atoms with E-state index in [0.29, 0.717) is 17.9 Å². The van der Waals surface area contributed by atoms with Crippen molar-refractivity contribution in [1.82, 2.24) is 9.78 Å². The molecule has 0 aliphatic heterocycles. The first kappa shape index (κ1) is 12.9. The van der Waals surface area contributed by atoms with Crippen molar-refractivity contribution in [1.29, 1.82) is 0 Å². The van der Waals surface area contributed by atoms with Gasteiger partial charge in [-0.15, -0.1) is 11.6 Å². The Labute approximate surface area is 110 Å². The van der Waals surface area contributed by atoms with E-state index in [9.17, 15) is 4.39 Å². The van der Waals surface area contributed by atoms with Crippen LogP contribution < -0.4 is 4.74 Å². The van der Waals surface area contributed by atoms with Crippen molar-refractivity contribution in [3.63, 3.8) is 0 Å². The number of hydrogen-bond donors (Lipinski definition) is 0. The molecule has 0 N–H and O–H groups in total. The fourth-order valence-corrected chi connectivity index (χ4v) is 1.86. The van der Waals surface area contributed by atoms with E-state index in [1.807, 2.05) is 13.1 Å². The van der Waals surface area contributed by atoms with E-state index >= 15 is 0 Å². The zero-order valence-corrected chi connectivity index (χ0v) is 10.8. The third-order valence-electron chi connectivity index (χ3n) is 2.63. The van der Waals surface area contributed by atoms with Gasteiger partial charge in [-0.3, -0.25) is 4.68 Å². The lowest BCUT2D eigenvalue weighted by Gasteiger charge is -2.08. The van der Waals surface area contributed by atoms with Crippen LogP contribution in [-0.4, -0.2) is 16.4 Å². The Balaban J connectivity index is 1.94. The molecule has 0 saturated carbocycles. The normalized spacial score (nSPS) is 10.6. The SMILES string of the molecule is Cn1nccc1CCOc1cc(F)cc(CCl)c1. The Bertz CT molecular complexity index is 527. The van der Waals surface area contributed by atoms with Gasteiger partial charge >= 0.3 is 0 Å². The van der Waals surface area contributed by atoms with E-state index in [1.165, 1.54) is 12.1 Å². The van der Waals surface area contributed by atoms with Crippen LogP contribution in [0, 0.1) is 5.82 Å². The van der Waals surface area contributed by atoms with Crippen LogP contribution in [0.5, 0.6) is 5.75 Å². The van der Waals surface area contributed by atoms with Gasteiger partial charge in [-0.2, -0.15) is 5.10 Å². The Kier molecular flexibility index (Phi) is 4.20. The molecular formula is C13H14ClFN2O. The summed E-state index contributed by atoms with van der Waals surface area (Å²) in [6, 6.07) is 6.44. The number of halogens is 2. The molecule has 3 nitrogen and oxygen atoms in total. The van der Waals surface area contributed by atoms with Crippen LogP contribution >= 0.6 is 11.6 Å². The van der Waals surface area contributed by atoms with Gasteiger partial charge in [-0.05, 0) is 23.8 Å². The van der Waals surface area contributed by atoms with E-state index in [4.69, 9.17) is 16.3 Å².